The molecule has 146 valence electrons. The van der Waals surface area contributed by atoms with Crippen molar-refractivity contribution in [2.24, 2.45) is 0 Å². The van der Waals surface area contributed by atoms with E-state index in [1.54, 1.807) is 18.2 Å². The Morgan fingerprint density at radius 2 is 2.07 bits per heavy atom. The molecule has 1 heterocycles. The lowest BCUT2D eigenvalue weighted by Crippen LogP contribution is -2.24. The highest BCUT2D eigenvalue weighted by molar-refractivity contribution is 5.94. The number of pyridine rings is 1. The van der Waals surface area contributed by atoms with Crippen LogP contribution in [0, 0.1) is 21.4 Å². The predicted molar refractivity (Wildman–Crippen MR) is 110 cm³/mol. The van der Waals surface area contributed by atoms with Crippen LogP contribution in [0.2, 0.25) is 0 Å². The van der Waals surface area contributed by atoms with E-state index in [9.17, 15) is 20.2 Å². The minimum atomic E-state index is -0.504. The zero-order valence-corrected chi connectivity index (χ0v) is 15.8. The summed E-state index contributed by atoms with van der Waals surface area (Å²) < 4.78 is 0. The van der Waals surface area contributed by atoms with Gasteiger partial charge >= 0.3 is 0 Å². The number of nitriles is 1. The second kappa shape index (κ2) is 8.80. The molecule has 0 radical (unpaired) electrons. The van der Waals surface area contributed by atoms with Crippen LogP contribution < -0.4 is 10.6 Å². The molecular weight excluding hydrogens is 370 g/mol. The van der Waals surface area contributed by atoms with Crippen molar-refractivity contribution in [3.63, 3.8) is 0 Å². The van der Waals surface area contributed by atoms with Crippen molar-refractivity contribution in [1.29, 1.82) is 5.26 Å². The van der Waals surface area contributed by atoms with Crippen LogP contribution in [0.25, 0.3) is 10.9 Å². The number of nitro benzene ring substituents is 1. The molecule has 0 atom stereocenters. The standard InChI is InChI=1S/C21H19N5O3/c1-2-8-23-21(27)15-5-3-4-14(9-15)13-24-20-10-16(12-22)18-11-17(26(28)29)6-7-19(18)25-20/h3-7,9-11H,2,8,13H2,1H3,(H,23,27)(H,24,25). The summed E-state index contributed by atoms with van der Waals surface area (Å²) in [5.41, 5.74) is 2.17. The molecule has 1 amide bonds. The summed E-state index contributed by atoms with van der Waals surface area (Å²) in [6.07, 6.45) is 0.866. The topological polar surface area (TPSA) is 121 Å². The minimum absolute atomic E-state index is 0.0883. The number of carbonyl (C=O) groups excluding carboxylic acids is 1. The second-order valence-corrected chi connectivity index (χ2v) is 6.44. The first-order valence-corrected chi connectivity index (χ1v) is 9.12. The highest BCUT2D eigenvalue weighted by Gasteiger charge is 2.12. The van der Waals surface area contributed by atoms with Crippen LogP contribution in [0.4, 0.5) is 11.5 Å². The van der Waals surface area contributed by atoms with Crippen molar-refractivity contribution in [3.8, 4) is 6.07 Å². The molecule has 29 heavy (non-hydrogen) atoms. The average molecular weight is 389 g/mol. The van der Waals surface area contributed by atoms with Gasteiger partial charge in [0.25, 0.3) is 11.6 Å². The molecule has 0 saturated heterocycles. The lowest BCUT2D eigenvalue weighted by atomic mass is 10.1. The number of hydrogen-bond acceptors (Lipinski definition) is 6. The third-order valence-electron chi connectivity index (χ3n) is 4.32. The number of benzene rings is 2. The fraction of sp³-hybridized carbons (Fsp3) is 0.190. The number of nitrogens with zero attached hydrogens (tertiary/aromatic N) is 3. The van der Waals surface area contributed by atoms with E-state index in [0.717, 1.165) is 12.0 Å². The molecule has 0 unspecified atom stereocenters. The van der Waals surface area contributed by atoms with Crippen molar-refractivity contribution in [2.45, 2.75) is 19.9 Å². The first-order valence-electron chi connectivity index (χ1n) is 9.12. The summed E-state index contributed by atoms with van der Waals surface area (Å²) in [4.78, 5) is 27.0. The van der Waals surface area contributed by atoms with Gasteiger partial charge in [-0.1, -0.05) is 19.1 Å². The number of fused-ring (bicyclic) bond motifs is 1. The molecule has 0 aliphatic heterocycles. The Morgan fingerprint density at radius 1 is 1.24 bits per heavy atom. The number of carbonyl (C=O) groups is 1. The van der Waals surface area contributed by atoms with E-state index < -0.39 is 4.92 Å². The van der Waals surface area contributed by atoms with Gasteiger partial charge < -0.3 is 10.6 Å². The van der Waals surface area contributed by atoms with Crippen LogP contribution in [0.15, 0.2) is 48.5 Å². The summed E-state index contributed by atoms with van der Waals surface area (Å²) in [5.74, 6) is 0.356. The normalized spacial score (nSPS) is 10.3. The molecule has 3 aromatic rings. The van der Waals surface area contributed by atoms with Gasteiger partial charge in [0.2, 0.25) is 0 Å². The molecule has 1 aromatic heterocycles. The highest BCUT2D eigenvalue weighted by Crippen LogP contribution is 2.25. The zero-order chi connectivity index (χ0) is 20.8. The van der Waals surface area contributed by atoms with Gasteiger partial charge in [-0.05, 0) is 36.2 Å². The van der Waals surface area contributed by atoms with Crippen LogP contribution in [-0.2, 0) is 6.54 Å². The van der Waals surface area contributed by atoms with Crippen LogP contribution in [0.1, 0.15) is 34.8 Å². The molecule has 8 heteroatoms. The number of hydrogen-bond donors (Lipinski definition) is 2. The zero-order valence-electron chi connectivity index (χ0n) is 15.8. The number of aromatic nitrogens is 1. The van der Waals surface area contributed by atoms with E-state index in [-0.39, 0.29) is 11.6 Å². The third-order valence-corrected chi connectivity index (χ3v) is 4.32. The van der Waals surface area contributed by atoms with E-state index in [0.29, 0.717) is 40.9 Å². The quantitative estimate of drug-likeness (QED) is 0.469. The number of nitrogens with one attached hydrogen (secondary N) is 2. The van der Waals surface area contributed by atoms with Gasteiger partial charge in [-0.25, -0.2) is 4.98 Å². The Balaban J connectivity index is 1.81. The van der Waals surface area contributed by atoms with E-state index in [1.165, 1.54) is 18.2 Å². The van der Waals surface area contributed by atoms with Gasteiger partial charge in [-0.15, -0.1) is 0 Å². The number of non-ortho nitro benzene ring substituents is 1. The minimum Gasteiger partial charge on any atom is -0.366 e. The SMILES string of the molecule is CCCNC(=O)c1cccc(CNc2cc(C#N)c3cc([N+](=O)[O-])ccc3n2)c1. The molecule has 0 aliphatic rings. The van der Waals surface area contributed by atoms with Gasteiger partial charge in [0, 0.05) is 36.2 Å². The Hall–Kier alpha value is -3.99. The van der Waals surface area contributed by atoms with Crippen molar-refractivity contribution >= 4 is 28.3 Å². The molecule has 8 nitrogen and oxygen atoms in total. The lowest BCUT2D eigenvalue weighted by molar-refractivity contribution is -0.384. The molecule has 0 saturated carbocycles. The van der Waals surface area contributed by atoms with Crippen molar-refractivity contribution in [1.82, 2.24) is 10.3 Å². The van der Waals surface area contributed by atoms with E-state index in [1.807, 2.05) is 19.1 Å². The van der Waals surface area contributed by atoms with Gasteiger partial charge in [0.05, 0.1) is 22.1 Å². The lowest BCUT2D eigenvalue weighted by Gasteiger charge is -2.10. The van der Waals surface area contributed by atoms with Gasteiger partial charge in [0.15, 0.2) is 0 Å². The highest BCUT2D eigenvalue weighted by atomic mass is 16.6. The van der Waals surface area contributed by atoms with Gasteiger partial charge in [-0.2, -0.15) is 5.26 Å². The molecular formula is C21H19N5O3. The summed E-state index contributed by atoms with van der Waals surface area (Å²) in [6, 6.07) is 15.1. The summed E-state index contributed by atoms with van der Waals surface area (Å²) in [5, 5.41) is 26.8. The van der Waals surface area contributed by atoms with Crippen molar-refractivity contribution in [2.75, 3.05) is 11.9 Å². The third kappa shape index (κ3) is 4.65. The molecule has 0 aliphatic carbocycles. The molecule has 2 aromatic carbocycles. The van der Waals surface area contributed by atoms with Gasteiger partial charge in [-0.3, -0.25) is 14.9 Å². The molecule has 0 spiro atoms. The van der Waals surface area contributed by atoms with E-state index in [4.69, 9.17) is 0 Å². The average Bonchev–Trinajstić information content (AvgIpc) is 2.75. The largest absolute Gasteiger partial charge is 0.366 e. The Morgan fingerprint density at radius 3 is 2.79 bits per heavy atom. The van der Waals surface area contributed by atoms with Crippen LogP contribution in [-0.4, -0.2) is 22.4 Å². The molecule has 0 fully saturated rings. The summed E-state index contributed by atoms with van der Waals surface area (Å²) >= 11 is 0. The summed E-state index contributed by atoms with van der Waals surface area (Å²) in [6.45, 7) is 3.02. The van der Waals surface area contributed by atoms with Crippen LogP contribution in [0.3, 0.4) is 0 Å². The Bertz CT molecular complexity index is 1120. The van der Waals surface area contributed by atoms with Crippen LogP contribution in [0.5, 0.6) is 0 Å². The van der Waals surface area contributed by atoms with Crippen molar-refractivity contribution < 1.29 is 9.72 Å². The Kier molecular flexibility index (Phi) is 6.00. The maximum Gasteiger partial charge on any atom is 0.270 e. The Labute approximate surface area is 167 Å². The smallest absolute Gasteiger partial charge is 0.270 e. The van der Waals surface area contributed by atoms with Gasteiger partial charge in [0.1, 0.15) is 5.82 Å². The molecule has 0 bridgehead atoms. The number of nitro groups is 1. The van der Waals surface area contributed by atoms with Crippen LogP contribution >= 0.6 is 0 Å². The first kappa shape index (κ1) is 19.8. The monoisotopic (exact) mass is 389 g/mol. The maximum absolute atomic E-state index is 12.1. The maximum atomic E-state index is 12.1. The second-order valence-electron chi connectivity index (χ2n) is 6.44. The predicted octanol–water partition coefficient (Wildman–Crippen LogP) is 3.77. The van der Waals surface area contributed by atoms with E-state index in [2.05, 4.69) is 21.7 Å². The number of amides is 1. The van der Waals surface area contributed by atoms with E-state index >= 15 is 0 Å². The van der Waals surface area contributed by atoms with Crippen molar-refractivity contribution in [3.05, 3.63) is 75.3 Å². The first-order chi connectivity index (χ1) is 14.0. The fourth-order valence-corrected chi connectivity index (χ4v) is 2.87. The fourth-order valence-electron chi connectivity index (χ4n) is 2.87. The molecule has 3 rings (SSSR count). The molecule has 2 N–H and O–H groups in total. The summed E-state index contributed by atoms with van der Waals surface area (Å²) in [7, 11) is 0. The number of rotatable bonds is 7. The number of anilines is 1.